The molecule has 0 amide bonds. The number of carbonyl (C=O) groups excluding carboxylic acids is 2. The summed E-state index contributed by atoms with van der Waals surface area (Å²) in [4.78, 5) is 20.6. The van der Waals surface area contributed by atoms with Crippen molar-refractivity contribution in [3.05, 3.63) is 12.2 Å². The highest BCUT2D eigenvalue weighted by molar-refractivity contribution is 6.63. The van der Waals surface area contributed by atoms with Gasteiger partial charge in [-0.2, -0.15) is 0 Å². The Kier molecular flexibility index (Phi) is 5.47. The Labute approximate surface area is 70.0 Å². The molecule has 62 valence electrons. The van der Waals surface area contributed by atoms with Gasteiger partial charge in [-0.1, -0.05) is 6.08 Å². The molecule has 0 N–H and O–H groups in total. The molecule has 0 aromatic rings. The summed E-state index contributed by atoms with van der Waals surface area (Å²) in [6, 6.07) is 0. The molecule has 0 aromatic carbocycles. The van der Waals surface area contributed by atoms with Gasteiger partial charge in [-0.25, -0.2) is 4.79 Å². The van der Waals surface area contributed by atoms with Crippen molar-refractivity contribution in [1.29, 1.82) is 0 Å². The van der Waals surface area contributed by atoms with Gasteiger partial charge in [0.25, 0.3) is 0 Å². The molecule has 0 aromatic heterocycles. The smallest absolute Gasteiger partial charge is 0.330 e. The summed E-state index contributed by atoms with van der Waals surface area (Å²) in [5, 5.41) is -0.403. The number of carbonyl (C=O) groups is 2. The van der Waals surface area contributed by atoms with Crippen LogP contribution in [0.3, 0.4) is 0 Å². The zero-order valence-corrected chi connectivity index (χ0v) is 6.93. The second kappa shape index (κ2) is 5.92. The molecular formula is C7H9ClO3. The predicted molar refractivity (Wildman–Crippen MR) is 41.3 cm³/mol. The van der Waals surface area contributed by atoms with E-state index >= 15 is 0 Å². The Morgan fingerprint density at radius 1 is 1.55 bits per heavy atom. The average Bonchev–Trinajstić information content (AvgIpc) is 1.97. The fraction of sp³-hybridized carbons (Fsp3) is 0.429. The van der Waals surface area contributed by atoms with E-state index in [4.69, 9.17) is 11.6 Å². The maximum Gasteiger partial charge on any atom is 0.330 e. The van der Waals surface area contributed by atoms with Crippen molar-refractivity contribution < 1.29 is 14.3 Å². The molecule has 3 nitrogen and oxygen atoms in total. The predicted octanol–water partition coefficient (Wildman–Crippen LogP) is 1.26. The SMILES string of the molecule is COC(=O)/C=C/CCC(=O)Cl. The van der Waals surface area contributed by atoms with E-state index in [1.807, 2.05) is 0 Å². The van der Waals surface area contributed by atoms with Gasteiger partial charge in [-0.05, 0) is 18.0 Å². The quantitative estimate of drug-likeness (QED) is 0.368. The molecule has 0 atom stereocenters. The maximum atomic E-state index is 10.4. The minimum absolute atomic E-state index is 0.245. The fourth-order valence-electron chi connectivity index (χ4n) is 0.444. The first-order valence-electron chi connectivity index (χ1n) is 3.09. The first-order chi connectivity index (χ1) is 5.16. The van der Waals surface area contributed by atoms with Crippen LogP contribution in [-0.2, 0) is 14.3 Å². The van der Waals surface area contributed by atoms with Crippen LogP contribution in [-0.4, -0.2) is 18.3 Å². The monoisotopic (exact) mass is 176 g/mol. The molecule has 0 fully saturated rings. The van der Waals surface area contributed by atoms with E-state index < -0.39 is 11.2 Å². The zero-order valence-electron chi connectivity index (χ0n) is 6.17. The van der Waals surface area contributed by atoms with Crippen molar-refractivity contribution >= 4 is 22.8 Å². The van der Waals surface area contributed by atoms with E-state index in [9.17, 15) is 9.59 Å². The summed E-state index contributed by atoms with van der Waals surface area (Å²) in [7, 11) is 1.29. The van der Waals surface area contributed by atoms with Crippen molar-refractivity contribution in [2.24, 2.45) is 0 Å². The van der Waals surface area contributed by atoms with Crippen molar-refractivity contribution in [2.45, 2.75) is 12.8 Å². The minimum Gasteiger partial charge on any atom is -0.466 e. The van der Waals surface area contributed by atoms with Crippen LogP contribution in [0.1, 0.15) is 12.8 Å². The highest BCUT2D eigenvalue weighted by Gasteiger charge is 1.93. The summed E-state index contributed by atoms with van der Waals surface area (Å²) >= 11 is 5.04. The molecule has 0 radical (unpaired) electrons. The van der Waals surface area contributed by atoms with Crippen LogP contribution in [0.15, 0.2) is 12.2 Å². The summed E-state index contributed by atoms with van der Waals surface area (Å²) in [5.74, 6) is -0.424. The van der Waals surface area contributed by atoms with E-state index in [1.165, 1.54) is 13.2 Å². The number of hydrogen-bond donors (Lipinski definition) is 0. The molecule has 11 heavy (non-hydrogen) atoms. The molecule has 0 aliphatic heterocycles. The molecule has 0 saturated heterocycles. The number of hydrogen-bond acceptors (Lipinski definition) is 3. The molecule has 0 aliphatic rings. The lowest BCUT2D eigenvalue weighted by Crippen LogP contribution is -1.93. The lowest BCUT2D eigenvalue weighted by molar-refractivity contribution is -0.134. The largest absolute Gasteiger partial charge is 0.466 e. The zero-order chi connectivity index (χ0) is 8.69. The van der Waals surface area contributed by atoms with Gasteiger partial charge in [0.1, 0.15) is 0 Å². The van der Waals surface area contributed by atoms with Crippen molar-refractivity contribution in [3.8, 4) is 0 Å². The number of rotatable bonds is 4. The van der Waals surface area contributed by atoms with Crippen LogP contribution < -0.4 is 0 Å². The Hall–Kier alpha value is -0.830. The summed E-state index contributed by atoms with van der Waals surface area (Å²) in [6.07, 6.45) is 3.53. The van der Waals surface area contributed by atoms with Gasteiger partial charge in [-0.3, -0.25) is 4.79 Å². The van der Waals surface area contributed by atoms with E-state index in [2.05, 4.69) is 4.74 Å². The maximum absolute atomic E-state index is 10.4. The average molecular weight is 177 g/mol. The van der Waals surface area contributed by atoms with E-state index in [0.717, 1.165) is 0 Å². The Bertz CT molecular complexity index is 175. The molecule has 0 bridgehead atoms. The van der Waals surface area contributed by atoms with Gasteiger partial charge in [0.15, 0.2) is 0 Å². The number of halogens is 1. The van der Waals surface area contributed by atoms with Gasteiger partial charge < -0.3 is 4.74 Å². The van der Waals surface area contributed by atoms with Crippen molar-refractivity contribution in [2.75, 3.05) is 7.11 Å². The van der Waals surface area contributed by atoms with Crippen LogP contribution in [0.5, 0.6) is 0 Å². The third kappa shape index (κ3) is 7.06. The number of ether oxygens (including phenoxy) is 1. The number of esters is 1. The van der Waals surface area contributed by atoms with Crippen LogP contribution in [0.25, 0.3) is 0 Å². The molecule has 0 aliphatic carbocycles. The van der Waals surface area contributed by atoms with Gasteiger partial charge in [0, 0.05) is 12.5 Å². The summed E-state index contributed by atoms with van der Waals surface area (Å²) < 4.78 is 4.31. The van der Waals surface area contributed by atoms with Gasteiger partial charge in [0.2, 0.25) is 5.24 Å². The van der Waals surface area contributed by atoms with Crippen LogP contribution in [0.4, 0.5) is 0 Å². The van der Waals surface area contributed by atoms with Crippen LogP contribution in [0.2, 0.25) is 0 Å². The molecule has 0 heterocycles. The Balaban J connectivity index is 3.45. The van der Waals surface area contributed by atoms with Gasteiger partial charge >= 0.3 is 5.97 Å². The topological polar surface area (TPSA) is 43.4 Å². The third-order valence-electron chi connectivity index (χ3n) is 0.963. The summed E-state index contributed by atoms with van der Waals surface area (Å²) in [5.41, 5.74) is 0. The molecule has 0 spiro atoms. The lowest BCUT2D eigenvalue weighted by Gasteiger charge is -1.88. The fourth-order valence-corrected chi connectivity index (χ4v) is 0.554. The van der Waals surface area contributed by atoms with Crippen LogP contribution >= 0.6 is 11.6 Å². The van der Waals surface area contributed by atoms with Gasteiger partial charge in [0.05, 0.1) is 7.11 Å². The van der Waals surface area contributed by atoms with E-state index in [-0.39, 0.29) is 6.42 Å². The minimum atomic E-state index is -0.424. The van der Waals surface area contributed by atoms with Crippen molar-refractivity contribution in [3.63, 3.8) is 0 Å². The second-order valence-electron chi connectivity index (χ2n) is 1.82. The van der Waals surface area contributed by atoms with Gasteiger partial charge in [-0.15, -0.1) is 0 Å². The number of methoxy groups -OCH3 is 1. The standard InChI is InChI=1S/C7H9ClO3/c1-11-7(10)5-3-2-4-6(8)9/h3,5H,2,4H2,1H3/b5-3+. The molecule has 0 rings (SSSR count). The highest BCUT2D eigenvalue weighted by Crippen LogP contribution is 1.95. The highest BCUT2D eigenvalue weighted by atomic mass is 35.5. The molecular weight excluding hydrogens is 168 g/mol. The first kappa shape index (κ1) is 10.2. The normalized spacial score (nSPS) is 10.0. The molecule has 4 heteroatoms. The van der Waals surface area contributed by atoms with Crippen molar-refractivity contribution in [1.82, 2.24) is 0 Å². The Morgan fingerprint density at radius 2 is 2.18 bits per heavy atom. The molecule has 0 unspecified atom stereocenters. The lowest BCUT2D eigenvalue weighted by atomic mass is 10.3. The summed E-state index contributed by atoms with van der Waals surface area (Å²) in [6.45, 7) is 0. The second-order valence-corrected chi connectivity index (χ2v) is 2.24. The van der Waals surface area contributed by atoms with Crippen LogP contribution in [0, 0.1) is 0 Å². The van der Waals surface area contributed by atoms with E-state index in [0.29, 0.717) is 6.42 Å². The molecule has 0 saturated carbocycles. The third-order valence-corrected chi connectivity index (χ3v) is 1.15. The number of allylic oxidation sites excluding steroid dienone is 1. The first-order valence-corrected chi connectivity index (χ1v) is 3.47. The Morgan fingerprint density at radius 3 is 2.64 bits per heavy atom. The van der Waals surface area contributed by atoms with E-state index in [1.54, 1.807) is 6.08 Å².